The minimum Gasteiger partial charge on any atom is -0.297 e. The normalized spacial score (nSPS) is 14.5. The van der Waals surface area contributed by atoms with Gasteiger partial charge in [-0.05, 0) is 12.1 Å². The SMILES string of the molecule is C=CC(=C)P(N)(=O)c1ccccc1. The molecule has 2 N–H and O–H groups in total. The molecule has 0 heterocycles. The molecule has 0 saturated carbocycles. The minimum absolute atomic E-state index is 0.388. The maximum absolute atomic E-state index is 12.0. The summed E-state index contributed by atoms with van der Waals surface area (Å²) >= 11 is 0. The summed E-state index contributed by atoms with van der Waals surface area (Å²) in [6.45, 7) is 7.12. The molecule has 0 bridgehead atoms. The highest BCUT2D eigenvalue weighted by Crippen LogP contribution is 2.43. The van der Waals surface area contributed by atoms with Crippen molar-refractivity contribution < 1.29 is 4.57 Å². The molecule has 68 valence electrons. The van der Waals surface area contributed by atoms with Crippen molar-refractivity contribution in [2.45, 2.75) is 0 Å². The predicted octanol–water partition coefficient (Wildman–Crippen LogP) is 2.25. The molecule has 1 aromatic rings. The zero-order chi connectivity index (χ0) is 9.90. The van der Waals surface area contributed by atoms with Crippen LogP contribution in [0.5, 0.6) is 0 Å². The summed E-state index contributed by atoms with van der Waals surface area (Å²) < 4.78 is 12.0. The van der Waals surface area contributed by atoms with Crippen molar-refractivity contribution in [3.8, 4) is 0 Å². The summed E-state index contributed by atoms with van der Waals surface area (Å²) in [5.74, 6) is 0. The highest BCUT2D eigenvalue weighted by molar-refractivity contribution is 7.73. The van der Waals surface area contributed by atoms with E-state index >= 15 is 0 Å². The number of nitrogens with two attached hydrogens (primary N) is 1. The molecule has 0 saturated heterocycles. The predicted molar refractivity (Wildman–Crippen MR) is 57.2 cm³/mol. The number of hydrogen-bond acceptors (Lipinski definition) is 1. The third-order valence-electron chi connectivity index (χ3n) is 1.80. The molecule has 0 aliphatic rings. The van der Waals surface area contributed by atoms with Gasteiger partial charge in [0.15, 0.2) is 0 Å². The van der Waals surface area contributed by atoms with Crippen molar-refractivity contribution in [2.75, 3.05) is 0 Å². The van der Waals surface area contributed by atoms with Gasteiger partial charge in [-0.1, -0.05) is 37.4 Å². The fraction of sp³-hybridized carbons (Fsp3) is 0. The summed E-state index contributed by atoms with van der Waals surface area (Å²) in [6, 6.07) is 8.90. The Morgan fingerprint density at radius 1 is 1.38 bits per heavy atom. The van der Waals surface area contributed by atoms with E-state index in [0.29, 0.717) is 10.6 Å². The third-order valence-corrected chi connectivity index (χ3v) is 3.90. The van der Waals surface area contributed by atoms with Crippen LogP contribution in [0, 0.1) is 0 Å². The average molecular weight is 193 g/mol. The number of hydrogen-bond donors (Lipinski definition) is 1. The third kappa shape index (κ3) is 1.97. The Bertz CT molecular complexity index is 370. The van der Waals surface area contributed by atoms with Crippen LogP contribution in [-0.2, 0) is 4.57 Å². The fourth-order valence-electron chi connectivity index (χ4n) is 0.951. The van der Waals surface area contributed by atoms with Gasteiger partial charge >= 0.3 is 0 Å². The lowest BCUT2D eigenvalue weighted by Gasteiger charge is -2.12. The topological polar surface area (TPSA) is 43.1 Å². The van der Waals surface area contributed by atoms with E-state index < -0.39 is 7.29 Å². The van der Waals surface area contributed by atoms with Gasteiger partial charge in [-0.25, -0.2) is 0 Å². The number of allylic oxidation sites excluding steroid dienone is 2. The number of benzene rings is 1. The van der Waals surface area contributed by atoms with E-state index in [9.17, 15) is 4.57 Å². The zero-order valence-electron chi connectivity index (χ0n) is 7.31. The van der Waals surface area contributed by atoms with Crippen molar-refractivity contribution >= 4 is 12.6 Å². The van der Waals surface area contributed by atoms with Gasteiger partial charge < -0.3 is 0 Å². The van der Waals surface area contributed by atoms with Crippen molar-refractivity contribution in [3.63, 3.8) is 0 Å². The van der Waals surface area contributed by atoms with Gasteiger partial charge in [0, 0.05) is 10.6 Å². The smallest absolute Gasteiger partial charge is 0.201 e. The van der Waals surface area contributed by atoms with Gasteiger partial charge in [0.25, 0.3) is 0 Å². The molecular weight excluding hydrogens is 181 g/mol. The monoisotopic (exact) mass is 193 g/mol. The molecule has 0 radical (unpaired) electrons. The minimum atomic E-state index is -2.95. The summed E-state index contributed by atoms with van der Waals surface area (Å²) in [6.07, 6.45) is 1.44. The second-order valence-corrected chi connectivity index (χ2v) is 5.10. The Labute approximate surface area is 78.2 Å². The maximum atomic E-state index is 12.0. The Morgan fingerprint density at radius 3 is 2.38 bits per heavy atom. The molecule has 0 amide bonds. The first-order valence-electron chi connectivity index (χ1n) is 3.85. The van der Waals surface area contributed by atoms with Crippen molar-refractivity contribution in [3.05, 3.63) is 54.9 Å². The lowest BCUT2D eigenvalue weighted by molar-refractivity contribution is 0.586. The van der Waals surface area contributed by atoms with Gasteiger partial charge in [-0.3, -0.25) is 10.1 Å². The van der Waals surface area contributed by atoms with Crippen LogP contribution in [0.25, 0.3) is 0 Å². The summed E-state index contributed by atoms with van der Waals surface area (Å²) in [5.41, 5.74) is 5.68. The highest BCUT2D eigenvalue weighted by Gasteiger charge is 2.20. The molecule has 1 unspecified atom stereocenters. The zero-order valence-corrected chi connectivity index (χ0v) is 8.21. The molecule has 2 nitrogen and oxygen atoms in total. The first kappa shape index (κ1) is 9.97. The van der Waals surface area contributed by atoms with Crippen LogP contribution >= 0.6 is 7.29 Å². The molecule has 13 heavy (non-hydrogen) atoms. The van der Waals surface area contributed by atoms with E-state index in [2.05, 4.69) is 13.2 Å². The van der Waals surface area contributed by atoms with Crippen molar-refractivity contribution in [2.24, 2.45) is 5.50 Å². The molecule has 0 fully saturated rings. The molecule has 0 aliphatic heterocycles. The molecular formula is C10H12NOP. The van der Waals surface area contributed by atoms with E-state index in [4.69, 9.17) is 5.50 Å². The van der Waals surface area contributed by atoms with Crippen LogP contribution in [0.4, 0.5) is 0 Å². The first-order chi connectivity index (χ1) is 6.09. The van der Waals surface area contributed by atoms with Crippen LogP contribution in [0.1, 0.15) is 0 Å². The summed E-state index contributed by atoms with van der Waals surface area (Å²) in [5, 5.41) is 0.999. The van der Waals surface area contributed by atoms with Crippen LogP contribution in [0.2, 0.25) is 0 Å². The molecule has 1 atom stereocenters. The summed E-state index contributed by atoms with van der Waals surface area (Å²) in [7, 11) is -2.95. The van der Waals surface area contributed by atoms with E-state index in [0.717, 1.165) is 0 Å². The molecule has 0 spiro atoms. The molecule has 0 aromatic heterocycles. The quantitative estimate of drug-likeness (QED) is 0.591. The van der Waals surface area contributed by atoms with Gasteiger partial charge in [0.2, 0.25) is 7.29 Å². The second-order valence-electron chi connectivity index (χ2n) is 2.69. The Balaban J connectivity index is 3.16. The van der Waals surface area contributed by atoms with E-state index in [1.807, 2.05) is 6.07 Å². The van der Waals surface area contributed by atoms with Gasteiger partial charge in [0.05, 0.1) is 0 Å². The van der Waals surface area contributed by atoms with E-state index in [1.54, 1.807) is 24.3 Å². The Morgan fingerprint density at radius 2 is 1.92 bits per heavy atom. The lowest BCUT2D eigenvalue weighted by Crippen LogP contribution is -2.11. The standard InChI is InChI=1S/C10H12NOP/c1-3-9(2)13(11,12)10-7-5-4-6-8-10/h3-8H,1-2H2,(H2,11,12). The molecule has 1 aromatic carbocycles. The maximum Gasteiger partial charge on any atom is 0.201 e. The Hall–Kier alpha value is -1.11. The second kappa shape index (κ2) is 3.73. The Kier molecular flexibility index (Phi) is 2.86. The van der Waals surface area contributed by atoms with Crippen LogP contribution in [0.15, 0.2) is 54.9 Å². The van der Waals surface area contributed by atoms with E-state index in [1.165, 1.54) is 6.08 Å². The summed E-state index contributed by atoms with van der Waals surface area (Å²) in [4.78, 5) is 0. The van der Waals surface area contributed by atoms with Crippen LogP contribution in [-0.4, -0.2) is 0 Å². The van der Waals surface area contributed by atoms with Crippen LogP contribution in [0.3, 0.4) is 0 Å². The lowest BCUT2D eigenvalue weighted by atomic mass is 10.4. The number of rotatable bonds is 3. The highest BCUT2D eigenvalue weighted by atomic mass is 31.2. The average Bonchev–Trinajstić information content (AvgIpc) is 2.18. The van der Waals surface area contributed by atoms with Crippen LogP contribution < -0.4 is 10.8 Å². The molecule has 3 heteroatoms. The fourth-order valence-corrected chi connectivity index (χ4v) is 2.17. The van der Waals surface area contributed by atoms with Gasteiger partial charge in [-0.15, -0.1) is 0 Å². The first-order valence-corrected chi connectivity index (χ1v) is 5.63. The largest absolute Gasteiger partial charge is 0.297 e. The molecule has 1 rings (SSSR count). The van der Waals surface area contributed by atoms with Crippen molar-refractivity contribution in [1.82, 2.24) is 0 Å². The van der Waals surface area contributed by atoms with Crippen molar-refractivity contribution in [1.29, 1.82) is 0 Å². The molecule has 0 aliphatic carbocycles. The van der Waals surface area contributed by atoms with Gasteiger partial charge in [-0.2, -0.15) is 0 Å². The van der Waals surface area contributed by atoms with E-state index in [-0.39, 0.29) is 0 Å². The van der Waals surface area contributed by atoms with Gasteiger partial charge in [0.1, 0.15) is 0 Å².